The minimum absolute atomic E-state index is 0.0259. The van der Waals surface area contributed by atoms with Gasteiger partial charge in [0.05, 0.1) is 13.2 Å². The summed E-state index contributed by atoms with van der Waals surface area (Å²) in [6.07, 6.45) is -1.51. The van der Waals surface area contributed by atoms with Crippen LogP contribution in [-0.2, 0) is 41.8 Å². The second kappa shape index (κ2) is 24.7. The highest BCUT2D eigenvalue weighted by Gasteiger charge is 2.41. The van der Waals surface area contributed by atoms with Gasteiger partial charge in [-0.3, -0.25) is 19.8 Å². The van der Waals surface area contributed by atoms with E-state index < -0.39 is 46.4 Å². The summed E-state index contributed by atoms with van der Waals surface area (Å²) in [7, 11) is 0. The quantitative estimate of drug-likeness (QED) is 0.0509. The first-order valence-electron chi connectivity index (χ1n) is 19.5. The number of amides is 3. The van der Waals surface area contributed by atoms with Crippen LogP contribution in [0.3, 0.4) is 0 Å². The molecular formula is C46H57ClN4O10. The van der Waals surface area contributed by atoms with Gasteiger partial charge in [-0.25, -0.2) is 30.2 Å². The maximum absolute atomic E-state index is 13.3. The zero-order chi connectivity index (χ0) is 45.8. The molecule has 0 atom stereocenters. The highest BCUT2D eigenvalue weighted by atomic mass is 35.5. The van der Waals surface area contributed by atoms with Gasteiger partial charge >= 0.3 is 24.1 Å². The predicted molar refractivity (Wildman–Crippen MR) is 232 cm³/mol. The first kappa shape index (κ1) is 50.9. The predicted octanol–water partition coefficient (Wildman–Crippen LogP) is 8.37. The standard InChI is InChI=1S/C23H28N2O5.C14H20N2O4.C9H9ClO/c1-6-29-21(27)23(4,5)25(20(26)19-13-16(2)12-17(3)14-19)24-22(28)30-15-18-10-8-7-9-11-18;1-4-19-12(17)14(2,3)16-15-13(18)20-10-11-8-6-5-7-9-11;1-6-3-7(2)5-8(4-6)9(10)11/h7-14H,6,15H2,1-5H3,(H,24,28);5-9,16H,4,10H2,1-3H3,(H,15,18);3-5H,1-2H3. The third kappa shape index (κ3) is 17.9. The number of esters is 2. The molecule has 0 unspecified atom stereocenters. The normalized spacial score (nSPS) is 10.6. The van der Waals surface area contributed by atoms with E-state index in [4.69, 9.17) is 30.5 Å². The van der Waals surface area contributed by atoms with E-state index in [0.29, 0.717) is 11.1 Å². The fourth-order valence-corrected chi connectivity index (χ4v) is 5.44. The molecule has 15 heteroatoms. The van der Waals surface area contributed by atoms with Gasteiger partial charge in [-0.15, -0.1) is 0 Å². The molecule has 0 saturated heterocycles. The molecule has 0 aliphatic rings. The lowest BCUT2D eigenvalue weighted by atomic mass is 10.0. The molecule has 0 spiro atoms. The van der Waals surface area contributed by atoms with Crippen LogP contribution in [0.5, 0.6) is 0 Å². The lowest BCUT2D eigenvalue weighted by Gasteiger charge is -2.35. The average Bonchev–Trinajstić information content (AvgIpc) is 3.21. The number of carbonyl (C=O) groups is 6. The van der Waals surface area contributed by atoms with Gasteiger partial charge in [-0.1, -0.05) is 95.1 Å². The summed E-state index contributed by atoms with van der Waals surface area (Å²) in [5.41, 5.74) is 11.3. The van der Waals surface area contributed by atoms with Crippen LogP contribution in [-0.4, -0.2) is 64.6 Å². The van der Waals surface area contributed by atoms with Crippen molar-refractivity contribution in [2.24, 2.45) is 0 Å². The van der Waals surface area contributed by atoms with Crippen molar-refractivity contribution in [3.63, 3.8) is 0 Å². The molecule has 328 valence electrons. The summed E-state index contributed by atoms with van der Waals surface area (Å²) in [5, 5.41) is 0.573. The first-order valence-corrected chi connectivity index (χ1v) is 19.8. The molecule has 14 nitrogen and oxygen atoms in total. The highest BCUT2D eigenvalue weighted by Crippen LogP contribution is 2.20. The van der Waals surface area contributed by atoms with Crippen molar-refractivity contribution in [1.82, 2.24) is 21.3 Å². The Morgan fingerprint density at radius 3 is 1.41 bits per heavy atom. The third-order valence-corrected chi connectivity index (χ3v) is 8.56. The van der Waals surface area contributed by atoms with E-state index in [1.807, 2.05) is 100 Å². The molecule has 0 saturated carbocycles. The number of aryl methyl sites for hydroxylation is 4. The van der Waals surface area contributed by atoms with E-state index in [1.54, 1.807) is 52.0 Å². The Labute approximate surface area is 363 Å². The molecule has 0 aromatic heterocycles. The minimum Gasteiger partial charge on any atom is -0.465 e. The Hall–Kier alpha value is -6.25. The number of benzene rings is 4. The number of halogens is 1. The van der Waals surface area contributed by atoms with E-state index in [1.165, 1.54) is 13.8 Å². The molecule has 0 bridgehead atoms. The van der Waals surface area contributed by atoms with Crippen molar-refractivity contribution in [2.45, 2.75) is 93.5 Å². The number of hydrogen-bond acceptors (Lipinski definition) is 11. The van der Waals surface area contributed by atoms with E-state index >= 15 is 0 Å². The first-order chi connectivity index (χ1) is 28.7. The van der Waals surface area contributed by atoms with Crippen LogP contribution >= 0.6 is 11.6 Å². The average molecular weight is 861 g/mol. The molecule has 4 aromatic carbocycles. The number of carbonyl (C=O) groups excluding carboxylic acids is 6. The molecule has 0 aliphatic heterocycles. The van der Waals surface area contributed by atoms with Gasteiger partial charge in [0.25, 0.3) is 11.1 Å². The molecule has 4 aromatic rings. The fourth-order valence-electron chi connectivity index (χ4n) is 5.33. The summed E-state index contributed by atoms with van der Waals surface area (Å²) in [5.74, 6) is -1.65. The minimum atomic E-state index is -1.46. The lowest BCUT2D eigenvalue weighted by Crippen LogP contribution is -2.61. The third-order valence-electron chi connectivity index (χ3n) is 8.35. The van der Waals surface area contributed by atoms with Crippen LogP contribution in [0.1, 0.15) is 95.6 Å². The van der Waals surface area contributed by atoms with E-state index in [9.17, 15) is 28.8 Å². The Bertz CT molecular complexity index is 2050. The van der Waals surface area contributed by atoms with Crippen molar-refractivity contribution in [3.05, 3.63) is 142 Å². The van der Waals surface area contributed by atoms with Crippen molar-refractivity contribution in [3.8, 4) is 0 Å². The Kier molecular flexibility index (Phi) is 20.6. The monoisotopic (exact) mass is 860 g/mol. The second-order valence-electron chi connectivity index (χ2n) is 14.8. The summed E-state index contributed by atoms with van der Waals surface area (Å²) >= 11 is 5.31. The Morgan fingerprint density at radius 2 is 0.984 bits per heavy atom. The highest BCUT2D eigenvalue weighted by molar-refractivity contribution is 6.67. The number of rotatable bonds is 13. The summed E-state index contributed by atoms with van der Waals surface area (Å²) in [6, 6.07) is 29.3. The Morgan fingerprint density at radius 1 is 0.574 bits per heavy atom. The van der Waals surface area contributed by atoms with Crippen molar-refractivity contribution in [2.75, 3.05) is 13.2 Å². The number of ether oxygens (including phenoxy) is 4. The van der Waals surface area contributed by atoms with Crippen LogP contribution in [0.15, 0.2) is 97.1 Å². The van der Waals surface area contributed by atoms with Gasteiger partial charge in [0.1, 0.15) is 18.8 Å². The van der Waals surface area contributed by atoms with Gasteiger partial charge in [-0.05, 0) is 116 Å². The number of hydrazine groups is 2. The number of hydrogen-bond donors (Lipinski definition) is 3. The van der Waals surface area contributed by atoms with E-state index in [2.05, 4.69) is 16.3 Å². The smallest absolute Gasteiger partial charge is 0.426 e. The van der Waals surface area contributed by atoms with Crippen LogP contribution in [0.25, 0.3) is 0 Å². The van der Waals surface area contributed by atoms with Crippen LogP contribution in [0.4, 0.5) is 9.59 Å². The molecule has 0 fully saturated rings. The van der Waals surface area contributed by atoms with Gasteiger partial charge in [0.15, 0.2) is 5.54 Å². The van der Waals surface area contributed by atoms with Crippen LogP contribution in [0, 0.1) is 27.7 Å². The van der Waals surface area contributed by atoms with Crippen LogP contribution < -0.4 is 16.3 Å². The molecule has 4 rings (SSSR count). The topological polar surface area (TPSA) is 179 Å². The summed E-state index contributed by atoms with van der Waals surface area (Å²) < 4.78 is 20.2. The number of nitrogens with zero attached hydrogens (tertiary/aromatic N) is 1. The maximum atomic E-state index is 13.3. The van der Waals surface area contributed by atoms with Crippen molar-refractivity contribution >= 4 is 46.9 Å². The van der Waals surface area contributed by atoms with Gasteiger partial charge < -0.3 is 18.9 Å². The largest absolute Gasteiger partial charge is 0.465 e. The SMILES string of the molecule is CCOC(=O)C(C)(C)N(NC(=O)OCc1ccccc1)C(=O)c1cc(C)cc(C)c1.CCOC(=O)C(C)(C)NNC(=O)OCc1ccccc1.Cc1cc(C)cc(C(=O)Cl)c1. The Balaban J connectivity index is 0.000000353. The fraction of sp³-hybridized carbons (Fsp3) is 0.348. The second-order valence-corrected chi connectivity index (χ2v) is 15.1. The van der Waals surface area contributed by atoms with E-state index in [-0.39, 0.29) is 26.4 Å². The number of nitrogens with one attached hydrogen (secondary N) is 3. The molecule has 0 radical (unpaired) electrons. The van der Waals surface area contributed by atoms with Gasteiger partial charge in [-0.2, -0.15) is 0 Å². The summed E-state index contributed by atoms with van der Waals surface area (Å²) in [6.45, 7) is 17.8. The molecule has 0 heterocycles. The van der Waals surface area contributed by atoms with Gasteiger partial charge in [0.2, 0.25) is 0 Å². The van der Waals surface area contributed by atoms with Gasteiger partial charge in [0, 0.05) is 11.1 Å². The lowest BCUT2D eigenvalue weighted by molar-refractivity contribution is -0.155. The molecule has 61 heavy (non-hydrogen) atoms. The zero-order valence-corrected chi connectivity index (χ0v) is 37.2. The molecule has 3 amide bonds. The molecular weight excluding hydrogens is 804 g/mol. The van der Waals surface area contributed by atoms with Crippen molar-refractivity contribution in [1.29, 1.82) is 0 Å². The maximum Gasteiger partial charge on any atom is 0.426 e. The molecule has 0 aliphatic carbocycles. The zero-order valence-electron chi connectivity index (χ0n) is 36.5. The molecule has 3 N–H and O–H groups in total. The van der Waals surface area contributed by atoms with Crippen molar-refractivity contribution < 1.29 is 47.7 Å². The van der Waals surface area contributed by atoms with E-state index in [0.717, 1.165) is 38.4 Å². The van der Waals surface area contributed by atoms with Crippen LogP contribution in [0.2, 0.25) is 0 Å². The summed E-state index contributed by atoms with van der Waals surface area (Å²) in [4.78, 5) is 72.0.